The fourth-order valence-electron chi connectivity index (χ4n) is 5.21. The Balaban J connectivity index is 1.79. The minimum absolute atomic E-state index is 0.0237. The van der Waals surface area contributed by atoms with Crippen molar-refractivity contribution in [3.63, 3.8) is 0 Å². The molecule has 0 saturated heterocycles. The van der Waals surface area contributed by atoms with Gasteiger partial charge in [-0.05, 0) is 44.0 Å². The second kappa shape index (κ2) is 9.65. The molecule has 2 aromatic carbocycles. The third-order valence-corrected chi connectivity index (χ3v) is 6.88. The topological polar surface area (TPSA) is 58.6 Å². The second-order valence-corrected chi connectivity index (χ2v) is 8.68. The van der Waals surface area contributed by atoms with E-state index in [4.69, 9.17) is 4.74 Å². The number of carbonyl (C=O) groups is 2. The van der Waals surface area contributed by atoms with Gasteiger partial charge in [-0.15, -0.1) is 0 Å². The number of benzene rings is 2. The van der Waals surface area contributed by atoms with E-state index in [1.54, 1.807) is 0 Å². The quantitative estimate of drug-likeness (QED) is 0.641. The smallest absolute Gasteiger partial charge is 0.336 e. The van der Waals surface area contributed by atoms with Crippen LogP contribution in [-0.4, -0.2) is 32.0 Å². The van der Waals surface area contributed by atoms with Crippen LogP contribution in [0, 0.1) is 5.92 Å². The number of methoxy groups -OCH3 is 1. The predicted molar refractivity (Wildman–Crippen MR) is 131 cm³/mol. The van der Waals surface area contributed by atoms with Crippen LogP contribution in [0.15, 0.2) is 77.6 Å². The van der Waals surface area contributed by atoms with Crippen molar-refractivity contribution in [1.82, 2.24) is 5.32 Å². The van der Waals surface area contributed by atoms with Crippen LogP contribution in [0.25, 0.3) is 0 Å². The number of esters is 1. The number of Topliss-reactive ketones (excluding diaryl/α,β-unsaturated/α-hetero) is 1. The Labute approximate surface area is 196 Å². The van der Waals surface area contributed by atoms with Gasteiger partial charge in [0.1, 0.15) is 5.78 Å². The van der Waals surface area contributed by atoms with Gasteiger partial charge in [-0.25, -0.2) is 4.79 Å². The molecule has 4 rings (SSSR count). The number of ketones is 1. The lowest BCUT2D eigenvalue weighted by molar-refractivity contribution is -0.136. The summed E-state index contributed by atoms with van der Waals surface area (Å²) in [5.74, 6) is -1.03. The number of fused-ring (bicyclic) bond motifs is 1. The van der Waals surface area contributed by atoms with Gasteiger partial charge in [0.2, 0.25) is 0 Å². The van der Waals surface area contributed by atoms with Crippen molar-refractivity contribution >= 4 is 17.4 Å². The summed E-state index contributed by atoms with van der Waals surface area (Å²) in [6.07, 6.45) is 2.58. The molecule has 3 unspecified atom stereocenters. The van der Waals surface area contributed by atoms with Crippen molar-refractivity contribution in [2.24, 2.45) is 5.92 Å². The highest BCUT2D eigenvalue weighted by Gasteiger charge is 2.44. The standard InChI is InChI=1S/C28H32N2O3/c1-5-30(6-2)22-14-12-20(13-15-22)26-25(28(32)33-4)18(3)29-23-16-21(17-24(31)27(23)26)19-10-8-7-9-11-19/h7-16,21,26-27,29H,5-6,17H2,1-4H3. The Hall–Kier alpha value is -3.34. The van der Waals surface area contributed by atoms with Crippen LogP contribution in [0.2, 0.25) is 0 Å². The Kier molecular flexibility index (Phi) is 6.68. The number of ether oxygens (including phenoxy) is 1. The molecular formula is C28H32N2O3. The third kappa shape index (κ3) is 4.32. The van der Waals surface area contributed by atoms with Crippen LogP contribution in [0.3, 0.4) is 0 Å². The van der Waals surface area contributed by atoms with E-state index in [0.29, 0.717) is 12.0 Å². The molecule has 0 spiro atoms. The third-order valence-electron chi connectivity index (χ3n) is 6.88. The first-order valence-electron chi connectivity index (χ1n) is 11.7. The maximum atomic E-state index is 13.6. The summed E-state index contributed by atoms with van der Waals surface area (Å²) in [5.41, 5.74) is 5.36. The zero-order valence-electron chi connectivity index (χ0n) is 19.8. The summed E-state index contributed by atoms with van der Waals surface area (Å²) < 4.78 is 5.14. The van der Waals surface area contributed by atoms with E-state index in [0.717, 1.165) is 41.3 Å². The van der Waals surface area contributed by atoms with E-state index in [1.165, 1.54) is 7.11 Å². The monoisotopic (exact) mass is 444 g/mol. The molecule has 0 bridgehead atoms. The van der Waals surface area contributed by atoms with Crippen molar-refractivity contribution in [1.29, 1.82) is 0 Å². The predicted octanol–water partition coefficient (Wildman–Crippen LogP) is 4.92. The molecule has 3 atom stereocenters. The molecule has 33 heavy (non-hydrogen) atoms. The fourth-order valence-corrected chi connectivity index (χ4v) is 5.21. The molecule has 5 heteroatoms. The summed E-state index contributed by atoms with van der Waals surface area (Å²) in [6.45, 7) is 7.99. The SMILES string of the molecule is CCN(CC)c1ccc(C2C(C(=O)OC)=C(C)NC3=CC(c4ccccc4)CC(=O)C32)cc1. The van der Waals surface area contributed by atoms with Crippen LogP contribution in [0.1, 0.15) is 50.2 Å². The Bertz CT molecular complexity index is 1080. The maximum Gasteiger partial charge on any atom is 0.336 e. The summed E-state index contributed by atoms with van der Waals surface area (Å²) in [5, 5.41) is 3.37. The van der Waals surface area contributed by atoms with Crippen molar-refractivity contribution in [2.45, 2.75) is 39.0 Å². The highest BCUT2D eigenvalue weighted by molar-refractivity contribution is 5.96. The van der Waals surface area contributed by atoms with E-state index < -0.39 is 11.9 Å². The van der Waals surface area contributed by atoms with Gasteiger partial charge in [-0.1, -0.05) is 48.5 Å². The zero-order chi connectivity index (χ0) is 23.5. The maximum absolute atomic E-state index is 13.6. The summed E-state index contributed by atoms with van der Waals surface area (Å²) in [4.78, 5) is 28.7. The van der Waals surface area contributed by atoms with Gasteiger partial charge >= 0.3 is 5.97 Å². The number of rotatable bonds is 6. The van der Waals surface area contributed by atoms with Crippen molar-refractivity contribution in [3.8, 4) is 0 Å². The summed E-state index contributed by atoms with van der Waals surface area (Å²) >= 11 is 0. The summed E-state index contributed by atoms with van der Waals surface area (Å²) in [6, 6.07) is 18.4. The Morgan fingerprint density at radius 3 is 2.27 bits per heavy atom. The lowest BCUT2D eigenvalue weighted by Crippen LogP contribution is -2.41. The van der Waals surface area contributed by atoms with E-state index >= 15 is 0 Å². The van der Waals surface area contributed by atoms with E-state index in [-0.39, 0.29) is 17.6 Å². The van der Waals surface area contributed by atoms with Crippen LogP contribution in [-0.2, 0) is 14.3 Å². The summed E-state index contributed by atoms with van der Waals surface area (Å²) in [7, 11) is 1.39. The molecule has 0 radical (unpaired) electrons. The fraction of sp³-hybridized carbons (Fsp3) is 0.357. The van der Waals surface area contributed by atoms with Crippen LogP contribution >= 0.6 is 0 Å². The number of hydrogen-bond donors (Lipinski definition) is 1. The van der Waals surface area contributed by atoms with Gasteiger partial charge in [0.05, 0.1) is 18.6 Å². The van der Waals surface area contributed by atoms with Gasteiger partial charge < -0.3 is 15.0 Å². The van der Waals surface area contributed by atoms with Crippen LogP contribution < -0.4 is 10.2 Å². The Morgan fingerprint density at radius 2 is 1.67 bits per heavy atom. The number of carbonyl (C=O) groups excluding carboxylic acids is 2. The highest BCUT2D eigenvalue weighted by Crippen LogP contribution is 2.46. The number of anilines is 1. The molecule has 0 aromatic heterocycles. The molecule has 1 N–H and O–H groups in total. The average molecular weight is 445 g/mol. The molecule has 0 amide bonds. The number of nitrogens with zero attached hydrogens (tertiary/aromatic N) is 1. The molecule has 1 aliphatic carbocycles. The molecule has 2 aromatic rings. The minimum Gasteiger partial charge on any atom is -0.466 e. The van der Waals surface area contributed by atoms with Crippen molar-refractivity contribution in [2.75, 3.05) is 25.1 Å². The molecule has 0 fully saturated rings. The van der Waals surface area contributed by atoms with Crippen LogP contribution in [0.4, 0.5) is 5.69 Å². The van der Waals surface area contributed by atoms with Gasteiger partial charge in [0.25, 0.3) is 0 Å². The van der Waals surface area contributed by atoms with E-state index in [9.17, 15) is 9.59 Å². The van der Waals surface area contributed by atoms with Crippen LogP contribution in [0.5, 0.6) is 0 Å². The zero-order valence-corrected chi connectivity index (χ0v) is 19.8. The molecule has 0 saturated carbocycles. The lowest BCUT2D eigenvalue weighted by atomic mass is 9.68. The molecular weight excluding hydrogens is 412 g/mol. The van der Waals surface area contributed by atoms with Gasteiger partial charge in [0.15, 0.2) is 0 Å². The molecule has 2 aliphatic rings. The lowest BCUT2D eigenvalue weighted by Gasteiger charge is -2.39. The second-order valence-electron chi connectivity index (χ2n) is 8.68. The largest absolute Gasteiger partial charge is 0.466 e. The van der Waals surface area contributed by atoms with Gasteiger partial charge in [0, 0.05) is 48.4 Å². The number of hydrogen-bond acceptors (Lipinski definition) is 5. The number of allylic oxidation sites excluding steroid dienone is 3. The van der Waals surface area contributed by atoms with Crippen molar-refractivity contribution in [3.05, 3.63) is 88.8 Å². The average Bonchev–Trinajstić information content (AvgIpc) is 2.84. The highest BCUT2D eigenvalue weighted by atomic mass is 16.5. The molecule has 5 nitrogen and oxygen atoms in total. The van der Waals surface area contributed by atoms with Gasteiger partial charge in [-0.2, -0.15) is 0 Å². The van der Waals surface area contributed by atoms with Crippen molar-refractivity contribution < 1.29 is 14.3 Å². The first kappa shape index (κ1) is 22.8. The molecule has 172 valence electrons. The normalized spacial score (nSPS) is 22.2. The first-order chi connectivity index (χ1) is 16.0. The number of nitrogens with one attached hydrogen (secondary N) is 1. The molecule has 1 aliphatic heterocycles. The van der Waals surface area contributed by atoms with Gasteiger partial charge in [-0.3, -0.25) is 4.79 Å². The first-order valence-corrected chi connectivity index (χ1v) is 11.7. The Morgan fingerprint density at radius 1 is 1.00 bits per heavy atom. The molecule has 1 heterocycles. The van der Waals surface area contributed by atoms with E-state index in [2.05, 4.69) is 54.4 Å². The minimum atomic E-state index is -0.429. The van der Waals surface area contributed by atoms with E-state index in [1.807, 2.05) is 37.3 Å².